The standard InChI is InChI=1S/C7H12O2.2Cr/c1-3-8-6-5-7-9-4-2;;/h5-7H2,1-2H3;;. The molecular formula is C7H12Cr2O2. The Morgan fingerprint density at radius 1 is 1.00 bits per heavy atom. The van der Waals surface area contributed by atoms with Crippen molar-refractivity contribution >= 4 is 9.13 Å². The first-order chi connectivity index (χ1) is 5.13. The van der Waals surface area contributed by atoms with Gasteiger partial charge in [-0.15, -0.1) is 0 Å². The van der Waals surface area contributed by atoms with E-state index < -0.39 is 0 Å². The number of rotatable bonds is 6. The van der Waals surface area contributed by atoms with Gasteiger partial charge in [0, 0.05) is 0 Å². The van der Waals surface area contributed by atoms with E-state index in [1.807, 2.05) is 13.8 Å². The Labute approximate surface area is 83.8 Å². The third-order valence-corrected chi connectivity index (χ3v) is 1.27. The SMILES string of the molecule is C[C](=[Cr])OCCCO[C](C)=[Cr]. The van der Waals surface area contributed by atoms with Gasteiger partial charge in [-0.2, -0.15) is 0 Å². The van der Waals surface area contributed by atoms with Gasteiger partial charge in [0.1, 0.15) is 0 Å². The van der Waals surface area contributed by atoms with Crippen molar-refractivity contribution in [1.82, 2.24) is 0 Å². The molecule has 0 aromatic rings. The quantitative estimate of drug-likeness (QED) is 0.631. The van der Waals surface area contributed by atoms with Crippen molar-refractivity contribution in [2.75, 3.05) is 13.2 Å². The van der Waals surface area contributed by atoms with Crippen molar-refractivity contribution in [3.05, 3.63) is 0 Å². The van der Waals surface area contributed by atoms with E-state index in [2.05, 4.69) is 31.7 Å². The van der Waals surface area contributed by atoms with Gasteiger partial charge in [-0.3, -0.25) is 0 Å². The average molecular weight is 232 g/mol. The van der Waals surface area contributed by atoms with Gasteiger partial charge in [0.05, 0.1) is 0 Å². The minimum absolute atomic E-state index is 0.714. The molecule has 0 saturated carbocycles. The fourth-order valence-corrected chi connectivity index (χ4v) is 0.751. The summed E-state index contributed by atoms with van der Waals surface area (Å²) >= 11 is 5.56. The third-order valence-electron chi connectivity index (χ3n) is 0.899. The van der Waals surface area contributed by atoms with Crippen molar-refractivity contribution in [1.29, 1.82) is 0 Å². The molecule has 0 unspecified atom stereocenters. The van der Waals surface area contributed by atoms with Crippen LogP contribution in [0.4, 0.5) is 0 Å². The van der Waals surface area contributed by atoms with Crippen LogP contribution in [0.3, 0.4) is 0 Å². The zero-order chi connectivity index (χ0) is 8.69. The fourth-order valence-electron chi connectivity index (χ4n) is 0.491. The van der Waals surface area contributed by atoms with E-state index in [1.54, 1.807) is 0 Å². The molecule has 0 aliphatic heterocycles. The second-order valence-electron chi connectivity index (χ2n) is 2.03. The molecule has 0 fully saturated rings. The topological polar surface area (TPSA) is 18.5 Å². The van der Waals surface area contributed by atoms with Crippen LogP contribution < -0.4 is 0 Å². The molecule has 0 aromatic heterocycles. The zero-order valence-corrected chi connectivity index (χ0v) is 9.30. The number of hydrogen-bond acceptors (Lipinski definition) is 2. The van der Waals surface area contributed by atoms with Gasteiger partial charge in [0.25, 0.3) is 0 Å². The van der Waals surface area contributed by atoms with Gasteiger partial charge in [-0.05, 0) is 0 Å². The van der Waals surface area contributed by atoms with Gasteiger partial charge in [0.15, 0.2) is 0 Å². The van der Waals surface area contributed by atoms with E-state index in [1.165, 1.54) is 0 Å². The molecule has 0 heterocycles. The summed E-state index contributed by atoms with van der Waals surface area (Å²) in [7, 11) is 0. The molecule has 0 aromatic carbocycles. The van der Waals surface area contributed by atoms with E-state index in [0.717, 1.165) is 15.6 Å². The number of hydrogen-bond donors (Lipinski definition) is 0. The predicted octanol–water partition coefficient (Wildman–Crippen LogP) is 0.803. The van der Waals surface area contributed by atoms with Gasteiger partial charge >= 0.3 is 83.8 Å². The van der Waals surface area contributed by atoms with Crippen LogP contribution >= 0.6 is 0 Å². The normalized spacial score (nSPS) is 9.64. The van der Waals surface area contributed by atoms with Crippen LogP contribution in [0.2, 0.25) is 0 Å². The van der Waals surface area contributed by atoms with Crippen molar-refractivity contribution in [2.45, 2.75) is 20.3 Å². The Morgan fingerprint density at radius 3 is 1.64 bits per heavy atom. The third kappa shape index (κ3) is 10.7. The molecule has 4 heteroatoms. The van der Waals surface area contributed by atoms with E-state index in [9.17, 15) is 0 Å². The van der Waals surface area contributed by atoms with Gasteiger partial charge in [-0.25, -0.2) is 0 Å². The first-order valence-corrected chi connectivity index (χ1v) is 4.67. The molecule has 64 valence electrons. The summed E-state index contributed by atoms with van der Waals surface area (Å²) in [5.74, 6) is 0. The monoisotopic (exact) mass is 232 g/mol. The van der Waals surface area contributed by atoms with Crippen molar-refractivity contribution < 1.29 is 41.2 Å². The molecule has 0 bridgehead atoms. The maximum atomic E-state index is 5.19. The fraction of sp³-hybridized carbons (Fsp3) is 0.714. The Hall–Kier alpha value is 0.725. The summed E-state index contributed by atoms with van der Waals surface area (Å²) in [6.07, 6.45) is 0.915. The van der Waals surface area contributed by atoms with Crippen LogP contribution in [-0.2, 0) is 41.2 Å². The van der Waals surface area contributed by atoms with Crippen LogP contribution in [0.15, 0.2) is 0 Å². The van der Waals surface area contributed by atoms with E-state index in [-0.39, 0.29) is 0 Å². The molecule has 0 N–H and O–H groups in total. The second-order valence-corrected chi connectivity index (χ2v) is 3.83. The Kier molecular flexibility index (Phi) is 7.86. The summed E-state index contributed by atoms with van der Waals surface area (Å²) in [4.78, 5) is 0. The van der Waals surface area contributed by atoms with Gasteiger partial charge < -0.3 is 0 Å². The Balaban J connectivity index is 3.03. The molecule has 0 spiro atoms. The van der Waals surface area contributed by atoms with Crippen LogP contribution in [0.1, 0.15) is 20.3 Å². The van der Waals surface area contributed by atoms with Gasteiger partial charge in [-0.1, -0.05) is 0 Å². The first kappa shape index (κ1) is 11.7. The minimum atomic E-state index is 0.714. The summed E-state index contributed by atoms with van der Waals surface area (Å²) in [5, 5.41) is 0. The second kappa shape index (κ2) is 7.38. The van der Waals surface area contributed by atoms with E-state index >= 15 is 0 Å². The summed E-state index contributed by atoms with van der Waals surface area (Å²) in [5.41, 5.74) is 0. The van der Waals surface area contributed by atoms with Crippen LogP contribution in [0.5, 0.6) is 0 Å². The van der Waals surface area contributed by atoms with Crippen molar-refractivity contribution in [3.8, 4) is 0 Å². The molecule has 0 amide bonds. The molecule has 0 aliphatic rings. The summed E-state index contributed by atoms with van der Waals surface area (Å²) in [6.45, 7) is 5.22. The molecule has 0 atom stereocenters. The zero-order valence-electron chi connectivity index (χ0n) is 6.75. The Morgan fingerprint density at radius 2 is 1.36 bits per heavy atom. The van der Waals surface area contributed by atoms with Gasteiger partial charge in [0.2, 0.25) is 0 Å². The molecule has 2 nitrogen and oxygen atoms in total. The summed E-state index contributed by atoms with van der Waals surface area (Å²) in [6, 6.07) is 0. The Bertz CT molecular complexity index is 129. The van der Waals surface area contributed by atoms with Crippen molar-refractivity contribution in [3.63, 3.8) is 0 Å². The first-order valence-electron chi connectivity index (χ1n) is 3.39. The molecule has 0 aliphatic carbocycles. The average Bonchev–Trinajstić information content (AvgIpc) is 1.85. The number of ether oxygens (including phenoxy) is 2. The van der Waals surface area contributed by atoms with Crippen LogP contribution in [0, 0.1) is 0 Å². The summed E-state index contributed by atoms with van der Waals surface area (Å²) < 4.78 is 12.1. The molecular weight excluding hydrogens is 220 g/mol. The maximum absolute atomic E-state index is 5.19. The molecule has 0 radical (unpaired) electrons. The van der Waals surface area contributed by atoms with Crippen molar-refractivity contribution in [2.24, 2.45) is 0 Å². The van der Waals surface area contributed by atoms with Crippen LogP contribution in [0.25, 0.3) is 0 Å². The van der Waals surface area contributed by atoms with E-state index in [4.69, 9.17) is 9.47 Å². The van der Waals surface area contributed by atoms with E-state index in [0.29, 0.717) is 13.2 Å². The predicted molar refractivity (Wildman–Crippen MR) is 37.9 cm³/mol. The molecule has 11 heavy (non-hydrogen) atoms. The molecule has 0 rings (SSSR count). The molecule has 0 saturated heterocycles. The van der Waals surface area contributed by atoms with Crippen LogP contribution in [-0.4, -0.2) is 22.3 Å².